The summed E-state index contributed by atoms with van der Waals surface area (Å²) in [5.74, 6) is 2.60. The highest BCUT2D eigenvalue weighted by Crippen LogP contribution is 2.34. The second-order valence-electron chi connectivity index (χ2n) is 5.83. The van der Waals surface area contributed by atoms with Gasteiger partial charge in [0.25, 0.3) is 0 Å². The van der Waals surface area contributed by atoms with Gasteiger partial charge in [0.05, 0.1) is 12.7 Å². The van der Waals surface area contributed by atoms with Crippen LogP contribution in [0, 0.1) is 0 Å². The van der Waals surface area contributed by atoms with Crippen LogP contribution in [0.15, 0.2) is 47.0 Å². The molecule has 2 aromatic carbocycles. The number of ether oxygens (including phenoxy) is 3. The third kappa shape index (κ3) is 3.69. The van der Waals surface area contributed by atoms with Gasteiger partial charge in [0.2, 0.25) is 24.4 Å². The van der Waals surface area contributed by atoms with Crippen LogP contribution < -0.4 is 19.5 Å². The van der Waals surface area contributed by atoms with Crippen LogP contribution in [0.5, 0.6) is 17.2 Å². The topological polar surface area (TPSA) is 95.7 Å². The lowest BCUT2D eigenvalue weighted by Gasteiger charge is -2.05. The molecule has 0 unspecified atom stereocenters. The fraction of sp³-hybridized carbons (Fsp3) is 0.211. The third-order valence-electron chi connectivity index (χ3n) is 4.04. The third-order valence-corrected chi connectivity index (χ3v) is 4.04. The van der Waals surface area contributed by atoms with Crippen LogP contribution in [-0.4, -0.2) is 30.0 Å². The zero-order chi connectivity index (χ0) is 18.6. The van der Waals surface area contributed by atoms with E-state index < -0.39 is 0 Å². The molecular weight excluding hydrogens is 350 g/mol. The maximum Gasteiger partial charge on any atom is 0.231 e. The molecular formula is C19H17N3O5. The molecule has 138 valence electrons. The van der Waals surface area contributed by atoms with Crippen LogP contribution in [0.4, 0.5) is 5.69 Å². The average Bonchev–Trinajstić information content (AvgIpc) is 3.35. The molecule has 0 saturated carbocycles. The maximum atomic E-state index is 12.2. The number of amides is 1. The van der Waals surface area contributed by atoms with Gasteiger partial charge in [-0.1, -0.05) is 17.3 Å². The van der Waals surface area contributed by atoms with Gasteiger partial charge in [0.1, 0.15) is 5.75 Å². The van der Waals surface area contributed by atoms with Gasteiger partial charge in [-0.2, -0.15) is 4.98 Å². The first-order valence-corrected chi connectivity index (χ1v) is 8.38. The summed E-state index contributed by atoms with van der Waals surface area (Å²) in [4.78, 5) is 16.5. The fourth-order valence-electron chi connectivity index (χ4n) is 2.71. The van der Waals surface area contributed by atoms with Crippen LogP contribution in [0.2, 0.25) is 0 Å². The minimum atomic E-state index is -0.161. The molecule has 0 radical (unpaired) electrons. The summed E-state index contributed by atoms with van der Waals surface area (Å²) >= 11 is 0. The minimum Gasteiger partial charge on any atom is -0.496 e. The van der Waals surface area contributed by atoms with Crippen LogP contribution >= 0.6 is 0 Å². The van der Waals surface area contributed by atoms with E-state index in [1.165, 1.54) is 0 Å². The zero-order valence-corrected chi connectivity index (χ0v) is 14.6. The van der Waals surface area contributed by atoms with E-state index in [9.17, 15) is 4.79 Å². The van der Waals surface area contributed by atoms with Crippen molar-refractivity contribution in [1.29, 1.82) is 0 Å². The molecule has 3 aromatic rings. The highest BCUT2D eigenvalue weighted by molar-refractivity contribution is 5.91. The Morgan fingerprint density at radius 3 is 2.93 bits per heavy atom. The molecule has 27 heavy (non-hydrogen) atoms. The quantitative estimate of drug-likeness (QED) is 0.715. The first kappa shape index (κ1) is 16.9. The summed E-state index contributed by atoms with van der Waals surface area (Å²) in [6.07, 6.45) is 0.542. The SMILES string of the molecule is COc1ccccc1-c1noc(CCC(=O)Nc2ccc3c(c2)OCO3)n1. The Morgan fingerprint density at radius 2 is 2.04 bits per heavy atom. The Kier molecular flexibility index (Phi) is 4.61. The van der Waals surface area contributed by atoms with E-state index in [0.717, 1.165) is 5.56 Å². The molecule has 1 aromatic heterocycles. The Labute approximate surface area is 155 Å². The standard InChI is InChI=1S/C19H17N3O5/c1-24-14-5-3-2-4-13(14)19-21-18(27-22-19)9-8-17(23)20-12-6-7-15-16(10-12)26-11-25-15/h2-7,10H,8-9,11H2,1H3,(H,20,23). The number of aryl methyl sites for hydroxylation is 1. The van der Waals surface area contributed by atoms with Gasteiger partial charge in [-0.15, -0.1) is 0 Å². The average molecular weight is 367 g/mol. The summed E-state index contributed by atoms with van der Waals surface area (Å²) < 4.78 is 21.1. The van der Waals surface area contributed by atoms with E-state index in [0.29, 0.717) is 41.1 Å². The van der Waals surface area contributed by atoms with Gasteiger partial charge >= 0.3 is 0 Å². The molecule has 0 atom stereocenters. The van der Waals surface area contributed by atoms with Crippen LogP contribution in [-0.2, 0) is 11.2 Å². The molecule has 0 fully saturated rings. The van der Waals surface area contributed by atoms with Crippen molar-refractivity contribution < 1.29 is 23.5 Å². The second-order valence-corrected chi connectivity index (χ2v) is 5.83. The molecule has 0 spiro atoms. The van der Waals surface area contributed by atoms with Crippen molar-refractivity contribution in [2.24, 2.45) is 0 Å². The predicted octanol–water partition coefficient (Wildman–Crippen LogP) is 3.05. The highest BCUT2D eigenvalue weighted by atomic mass is 16.7. The smallest absolute Gasteiger partial charge is 0.231 e. The number of nitrogens with one attached hydrogen (secondary N) is 1. The number of methoxy groups -OCH3 is 1. The number of anilines is 1. The molecule has 1 N–H and O–H groups in total. The number of nitrogens with zero attached hydrogens (tertiary/aromatic N) is 2. The Bertz CT molecular complexity index is 969. The van der Waals surface area contributed by atoms with Gasteiger partial charge in [0, 0.05) is 24.6 Å². The van der Waals surface area contributed by atoms with Crippen molar-refractivity contribution in [3.63, 3.8) is 0 Å². The lowest BCUT2D eigenvalue weighted by molar-refractivity contribution is -0.116. The van der Waals surface area contributed by atoms with Gasteiger partial charge in [-0.25, -0.2) is 0 Å². The summed E-state index contributed by atoms with van der Waals surface area (Å²) in [5, 5.41) is 6.78. The second kappa shape index (κ2) is 7.36. The molecule has 0 saturated heterocycles. The first-order chi connectivity index (χ1) is 13.2. The number of carbonyl (C=O) groups is 1. The lowest BCUT2D eigenvalue weighted by atomic mass is 10.2. The molecule has 1 aliphatic rings. The number of benzene rings is 2. The Hall–Kier alpha value is -3.55. The zero-order valence-electron chi connectivity index (χ0n) is 14.6. The number of hydrogen-bond acceptors (Lipinski definition) is 7. The Morgan fingerprint density at radius 1 is 1.19 bits per heavy atom. The van der Waals surface area contributed by atoms with E-state index in [4.69, 9.17) is 18.7 Å². The molecule has 8 heteroatoms. The molecule has 1 aliphatic heterocycles. The van der Waals surface area contributed by atoms with E-state index in [2.05, 4.69) is 15.5 Å². The van der Waals surface area contributed by atoms with Gasteiger partial charge in [-0.05, 0) is 24.3 Å². The predicted molar refractivity (Wildman–Crippen MR) is 95.8 cm³/mol. The Balaban J connectivity index is 1.36. The minimum absolute atomic E-state index is 0.161. The maximum absolute atomic E-state index is 12.2. The van der Waals surface area contributed by atoms with Crippen LogP contribution in [0.25, 0.3) is 11.4 Å². The van der Waals surface area contributed by atoms with Crippen molar-refractivity contribution in [3.05, 3.63) is 48.4 Å². The van der Waals surface area contributed by atoms with E-state index in [1.807, 2.05) is 24.3 Å². The van der Waals surface area contributed by atoms with E-state index in [-0.39, 0.29) is 19.1 Å². The van der Waals surface area contributed by atoms with Crippen molar-refractivity contribution in [3.8, 4) is 28.6 Å². The molecule has 0 bridgehead atoms. The number of hydrogen-bond donors (Lipinski definition) is 1. The number of fused-ring (bicyclic) bond motifs is 1. The van der Waals surface area contributed by atoms with Crippen molar-refractivity contribution in [1.82, 2.24) is 10.1 Å². The van der Waals surface area contributed by atoms with Crippen molar-refractivity contribution in [2.45, 2.75) is 12.8 Å². The summed E-state index contributed by atoms with van der Waals surface area (Å²) in [6, 6.07) is 12.7. The van der Waals surface area contributed by atoms with Crippen molar-refractivity contribution >= 4 is 11.6 Å². The molecule has 8 nitrogen and oxygen atoms in total. The number of carbonyl (C=O) groups excluding carboxylic acids is 1. The van der Waals surface area contributed by atoms with Crippen LogP contribution in [0.3, 0.4) is 0 Å². The monoisotopic (exact) mass is 367 g/mol. The van der Waals surface area contributed by atoms with E-state index >= 15 is 0 Å². The van der Waals surface area contributed by atoms with Gasteiger partial charge in [0.15, 0.2) is 11.5 Å². The molecule has 1 amide bonds. The number of rotatable bonds is 6. The fourth-order valence-corrected chi connectivity index (χ4v) is 2.71. The normalized spacial score (nSPS) is 12.0. The largest absolute Gasteiger partial charge is 0.496 e. The molecule has 0 aliphatic carbocycles. The van der Waals surface area contributed by atoms with Gasteiger partial charge in [-0.3, -0.25) is 4.79 Å². The summed E-state index contributed by atoms with van der Waals surface area (Å²) in [7, 11) is 1.58. The molecule has 2 heterocycles. The van der Waals surface area contributed by atoms with Crippen molar-refractivity contribution in [2.75, 3.05) is 19.2 Å². The molecule has 4 rings (SSSR count). The summed E-state index contributed by atoms with van der Waals surface area (Å²) in [6.45, 7) is 0.193. The van der Waals surface area contributed by atoms with Gasteiger partial charge < -0.3 is 24.1 Å². The summed E-state index contributed by atoms with van der Waals surface area (Å²) in [5.41, 5.74) is 1.38. The lowest BCUT2D eigenvalue weighted by Crippen LogP contribution is -2.12. The van der Waals surface area contributed by atoms with Crippen LogP contribution in [0.1, 0.15) is 12.3 Å². The number of aromatic nitrogens is 2. The number of para-hydroxylation sites is 1. The highest BCUT2D eigenvalue weighted by Gasteiger charge is 2.16. The van der Waals surface area contributed by atoms with E-state index in [1.54, 1.807) is 25.3 Å². The first-order valence-electron chi connectivity index (χ1n) is 8.38.